The number of halogens is 1. The predicted molar refractivity (Wildman–Crippen MR) is 88.5 cm³/mol. The van der Waals surface area contributed by atoms with Crippen LogP contribution in [0.25, 0.3) is 0 Å². The molecular weight excluding hydrogens is 330 g/mol. The molecular formula is C17H20BrNO2. The molecule has 0 saturated heterocycles. The Kier molecular flexibility index (Phi) is 6.73. The first-order valence-electron chi connectivity index (χ1n) is 6.94. The minimum atomic E-state index is 0.558. The Morgan fingerprint density at radius 2 is 1.95 bits per heavy atom. The van der Waals surface area contributed by atoms with Crippen molar-refractivity contribution >= 4 is 15.9 Å². The zero-order valence-corrected chi connectivity index (χ0v) is 13.7. The van der Waals surface area contributed by atoms with E-state index in [1.807, 2.05) is 30.3 Å². The van der Waals surface area contributed by atoms with Crippen LogP contribution in [0.3, 0.4) is 0 Å². The largest absolute Gasteiger partial charge is 0.489 e. The smallest absolute Gasteiger partial charge is 0.120 e. The maximum atomic E-state index is 5.86. The van der Waals surface area contributed by atoms with E-state index in [2.05, 4.69) is 39.4 Å². The van der Waals surface area contributed by atoms with Crippen molar-refractivity contribution in [3.05, 3.63) is 64.1 Å². The van der Waals surface area contributed by atoms with E-state index in [0.717, 1.165) is 35.5 Å². The van der Waals surface area contributed by atoms with Crippen LogP contribution in [0.5, 0.6) is 5.75 Å². The summed E-state index contributed by atoms with van der Waals surface area (Å²) in [5.41, 5.74) is 2.34. The van der Waals surface area contributed by atoms with Crippen molar-refractivity contribution < 1.29 is 9.47 Å². The van der Waals surface area contributed by atoms with Crippen LogP contribution in [-0.2, 0) is 17.9 Å². The molecule has 2 rings (SSSR count). The number of hydrogen-bond donors (Lipinski definition) is 1. The van der Waals surface area contributed by atoms with Gasteiger partial charge in [-0.2, -0.15) is 0 Å². The molecule has 3 nitrogen and oxygen atoms in total. The zero-order chi connectivity index (χ0) is 14.9. The molecule has 0 aliphatic heterocycles. The van der Waals surface area contributed by atoms with E-state index in [1.54, 1.807) is 7.11 Å². The van der Waals surface area contributed by atoms with Gasteiger partial charge in [0.05, 0.1) is 6.61 Å². The van der Waals surface area contributed by atoms with Gasteiger partial charge in [-0.05, 0) is 23.8 Å². The summed E-state index contributed by atoms with van der Waals surface area (Å²) >= 11 is 3.53. The second-order valence-electron chi connectivity index (χ2n) is 4.70. The lowest BCUT2D eigenvalue weighted by atomic mass is 10.2. The number of benzene rings is 2. The fraction of sp³-hybridized carbons (Fsp3) is 0.294. The van der Waals surface area contributed by atoms with Crippen molar-refractivity contribution in [2.75, 3.05) is 20.3 Å². The second-order valence-corrected chi connectivity index (χ2v) is 5.55. The molecule has 0 unspecified atom stereocenters. The molecule has 4 heteroatoms. The molecule has 0 fully saturated rings. The van der Waals surface area contributed by atoms with Gasteiger partial charge in [0.25, 0.3) is 0 Å². The van der Waals surface area contributed by atoms with E-state index in [4.69, 9.17) is 9.47 Å². The standard InChI is InChI=1S/C17H20BrNO2/c1-20-10-9-19-12-14-5-4-7-16(11-14)21-13-15-6-2-3-8-17(15)18/h2-8,11,19H,9-10,12-13H2,1H3. The number of rotatable bonds is 8. The normalized spacial score (nSPS) is 10.6. The van der Waals surface area contributed by atoms with Gasteiger partial charge in [-0.1, -0.05) is 46.3 Å². The Hall–Kier alpha value is -1.36. The van der Waals surface area contributed by atoms with Gasteiger partial charge in [-0.15, -0.1) is 0 Å². The average Bonchev–Trinajstić information content (AvgIpc) is 2.51. The highest BCUT2D eigenvalue weighted by atomic mass is 79.9. The van der Waals surface area contributed by atoms with Crippen LogP contribution in [0.15, 0.2) is 53.0 Å². The fourth-order valence-electron chi connectivity index (χ4n) is 1.93. The van der Waals surface area contributed by atoms with Crippen LogP contribution < -0.4 is 10.1 Å². The molecule has 0 aliphatic carbocycles. The Balaban J connectivity index is 1.87. The average molecular weight is 350 g/mol. The van der Waals surface area contributed by atoms with E-state index in [0.29, 0.717) is 6.61 Å². The first-order valence-corrected chi connectivity index (χ1v) is 7.73. The Morgan fingerprint density at radius 1 is 1.10 bits per heavy atom. The third-order valence-electron chi connectivity index (χ3n) is 3.06. The van der Waals surface area contributed by atoms with Gasteiger partial charge >= 0.3 is 0 Å². The maximum Gasteiger partial charge on any atom is 0.120 e. The van der Waals surface area contributed by atoms with Gasteiger partial charge in [0, 0.05) is 30.2 Å². The molecule has 0 aliphatic rings. The fourth-order valence-corrected chi connectivity index (χ4v) is 2.33. The van der Waals surface area contributed by atoms with Crippen LogP contribution in [0.4, 0.5) is 0 Å². The number of methoxy groups -OCH3 is 1. The van der Waals surface area contributed by atoms with Gasteiger partial charge < -0.3 is 14.8 Å². The molecule has 0 spiro atoms. The monoisotopic (exact) mass is 349 g/mol. The van der Waals surface area contributed by atoms with E-state index >= 15 is 0 Å². The summed E-state index contributed by atoms with van der Waals surface area (Å²) < 4.78 is 11.9. The van der Waals surface area contributed by atoms with Crippen LogP contribution in [0.2, 0.25) is 0 Å². The highest BCUT2D eigenvalue weighted by molar-refractivity contribution is 9.10. The third-order valence-corrected chi connectivity index (χ3v) is 3.84. The molecule has 2 aromatic carbocycles. The lowest BCUT2D eigenvalue weighted by Gasteiger charge is -2.10. The molecule has 21 heavy (non-hydrogen) atoms. The van der Waals surface area contributed by atoms with Gasteiger partial charge in [-0.25, -0.2) is 0 Å². The lowest BCUT2D eigenvalue weighted by molar-refractivity contribution is 0.199. The van der Waals surface area contributed by atoms with Crippen molar-refractivity contribution in [3.8, 4) is 5.75 Å². The summed E-state index contributed by atoms with van der Waals surface area (Å²) in [6.45, 7) is 2.94. The van der Waals surface area contributed by atoms with Gasteiger partial charge in [0.1, 0.15) is 12.4 Å². The van der Waals surface area contributed by atoms with Gasteiger partial charge in [0.2, 0.25) is 0 Å². The predicted octanol–water partition coefficient (Wildman–Crippen LogP) is 3.76. The van der Waals surface area contributed by atoms with Crippen molar-refractivity contribution in [1.29, 1.82) is 0 Å². The summed E-state index contributed by atoms with van der Waals surface area (Å²) in [4.78, 5) is 0. The van der Waals surface area contributed by atoms with E-state index in [-0.39, 0.29) is 0 Å². The quantitative estimate of drug-likeness (QED) is 0.736. The molecule has 2 aromatic rings. The highest BCUT2D eigenvalue weighted by Crippen LogP contribution is 2.19. The first kappa shape index (κ1) is 16.0. The third kappa shape index (κ3) is 5.50. The summed E-state index contributed by atoms with van der Waals surface area (Å²) in [7, 11) is 1.71. The molecule has 0 amide bonds. The molecule has 0 heterocycles. The Labute approximate surface area is 134 Å². The van der Waals surface area contributed by atoms with Crippen molar-refractivity contribution in [2.24, 2.45) is 0 Å². The molecule has 112 valence electrons. The molecule has 0 saturated carbocycles. The van der Waals surface area contributed by atoms with Crippen LogP contribution in [0, 0.1) is 0 Å². The number of hydrogen-bond acceptors (Lipinski definition) is 3. The summed E-state index contributed by atoms with van der Waals surface area (Å²) in [5.74, 6) is 0.886. The number of ether oxygens (including phenoxy) is 2. The topological polar surface area (TPSA) is 30.5 Å². The Bertz CT molecular complexity index is 560. The molecule has 1 N–H and O–H groups in total. The van der Waals surface area contributed by atoms with Crippen molar-refractivity contribution in [2.45, 2.75) is 13.2 Å². The summed E-state index contributed by atoms with van der Waals surface area (Å²) in [5, 5.41) is 3.32. The Morgan fingerprint density at radius 3 is 2.76 bits per heavy atom. The minimum Gasteiger partial charge on any atom is -0.489 e. The SMILES string of the molecule is COCCNCc1cccc(OCc2ccccc2Br)c1. The van der Waals surface area contributed by atoms with Crippen molar-refractivity contribution in [3.63, 3.8) is 0 Å². The molecule has 0 bridgehead atoms. The van der Waals surface area contributed by atoms with E-state index in [1.165, 1.54) is 5.56 Å². The van der Waals surface area contributed by atoms with Crippen LogP contribution >= 0.6 is 15.9 Å². The van der Waals surface area contributed by atoms with E-state index in [9.17, 15) is 0 Å². The van der Waals surface area contributed by atoms with Crippen molar-refractivity contribution in [1.82, 2.24) is 5.32 Å². The maximum absolute atomic E-state index is 5.86. The first-order chi connectivity index (χ1) is 10.3. The van der Waals surface area contributed by atoms with Gasteiger partial charge in [0.15, 0.2) is 0 Å². The highest BCUT2D eigenvalue weighted by Gasteiger charge is 2.01. The van der Waals surface area contributed by atoms with Crippen LogP contribution in [0.1, 0.15) is 11.1 Å². The summed E-state index contributed by atoms with van der Waals surface area (Å²) in [6, 6.07) is 16.2. The van der Waals surface area contributed by atoms with Gasteiger partial charge in [-0.3, -0.25) is 0 Å². The minimum absolute atomic E-state index is 0.558. The van der Waals surface area contributed by atoms with Crippen LogP contribution in [-0.4, -0.2) is 20.3 Å². The molecule has 0 atom stereocenters. The second kappa shape index (κ2) is 8.82. The molecule has 0 aromatic heterocycles. The zero-order valence-electron chi connectivity index (χ0n) is 12.1. The summed E-state index contributed by atoms with van der Waals surface area (Å²) in [6.07, 6.45) is 0. The molecule has 0 radical (unpaired) electrons. The number of nitrogens with one attached hydrogen (secondary N) is 1. The lowest BCUT2D eigenvalue weighted by Crippen LogP contribution is -2.18. The van der Waals surface area contributed by atoms with E-state index < -0.39 is 0 Å².